The molecule has 4 atom stereocenters. The predicted octanol–water partition coefficient (Wildman–Crippen LogP) is 4.59. The zero-order valence-corrected chi connectivity index (χ0v) is 17.8. The molecule has 4 rings (SSSR count). The maximum Gasteiger partial charge on any atom is 0.244 e. The number of rotatable bonds is 5. The summed E-state index contributed by atoms with van der Waals surface area (Å²) in [6, 6.07) is 22.3. The number of nitrogens with zero attached hydrogens (tertiary/aromatic N) is 3. The van der Waals surface area contributed by atoms with Crippen LogP contribution in [0.15, 0.2) is 54.6 Å². The van der Waals surface area contributed by atoms with Crippen molar-refractivity contribution < 1.29 is 14.2 Å². The van der Waals surface area contributed by atoms with Crippen LogP contribution in [0.25, 0.3) is 0 Å². The van der Waals surface area contributed by atoms with E-state index in [0.29, 0.717) is 29.9 Å². The highest BCUT2D eigenvalue weighted by atomic mass is 16.7. The number of benzene rings is 2. The number of hydrogen-bond donors (Lipinski definition) is 1. The van der Waals surface area contributed by atoms with Crippen LogP contribution < -0.4 is 4.74 Å². The summed E-state index contributed by atoms with van der Waals surface area (Å²) in [5, 5.41) is 39.8. The van der Waals surface area contributed by atoms with Gasteiger partial charge in [-0.1, -0.05) is 49.4 Å². The summed E-state index contributed by atoms with van der Waals surface area (Å²) in [6.45, 7) is 4.22. The molecule has 2 aromatic rings. The molecular formula is C25H22N4O3. The van der Waals surface area contributed by atoms with Gasteiger partial charge in [-0.25, -0.2) is 0 Å². The molecule has 160 valence electrons. The molecule has 0 radical (unpaired) electrons. The second-order valence-electron chi connectivity index (χ2n) is 7.88. The highest BCUT2D eigenvalue weighted by Crippen LogP contribution is 2.69. The monoisotopic (exact) mass is 426 g/mol. The summed E-state index contributed by atoms with van der Waals surface area (Å²) < 4.78 is 18.1. The molecule has 2 heterocycles. The van der Waals surface area contributed by atoms with Gasteiger partial charge in [0.25, 0.3) is 0 Å². The van der Waals surface area contributed by atoms with Crippen molar-refractivity contribution in [1.82, 2.24) is 0 Å². The van der Waals surface area contributed by atoms with Gasteiger partial charge in [-0.2, -0.15) is 15.8 Å². The molecule has 4 unspecified atom stereocenters. The molecule has 2 saturated heterocycles. The van der Waals surface area contributed by atoms with E-state index >= 15 is 0 Å². The summed E-state index contributed by atoms with van der Waals surface area (Å²) in [6.07, 6.45) is -0.759. The van der Waals surface area contributed by atoms with Crippen molar-refractivity contribution >= 4 is 5.90 Å². The Balaban J connectivity index is 1.99. The van der Waals surface area contributed by atoms with Crippen LogP contribution in [0, 0.1) is 56.2 Å². The smallest absolute Gasteiger partial charge is 0.244 e. The zero-order valence-electron chi connectivity index (χ0n) is 17.8. The molecular weight excluding hydrogens is 404 g/mol. The number of nitriles is 3. The van der Waals surface area contributed by atoms with Gasteiger partial charge in [-0.3, -0.25) is 5.41 Å². The van der Waals surface area contributed by atoms with Gasteiger partial charge in [0.15, 0.2) is 5.41 Å². The van der Waals surface area contributed by atoms with Crippen molar-refractivity contribution in [3.8, 4) is 24.0 Å². The van der Waals surface area contributed by atoms with E-state index in [1.807, 2.05) is 44.2 Å². The van der Waals surface area contributed by atoms with E-state index < -0.39 is 34.5 Å². The second kappa shape index (κ2) is 7.68. The summed E-state index contributed by atoms with van der Waals surface area (Å²) in [7, 11) is 0. The Bertz CT molecular complexity index is 1140. The van der Waals surface area contributed by atoms with Gasteiger partial charge in [0.1, 0.15) is 11.9 Å². The van der Waals surface area contributed by atoms with E-state index in [2.05, 4.69) is 18.2 Å². The van der Waals surface area contributed by atoms with Crippen LogP contribution in [-0.2, 0) is 15.3 Å². The van der Waals surface area contributed by atoms with Gasteiger partial charge < -0.3 is 14.2 Å². The van der Waals surface area contributed by atoms with E-state index in [1.54, 1.807) is 24.3 Å². The normalized spacial score (nSPS) is 29.8. The van der Waals surface area contributed by atoms with Gasteiger partial charge in [0.2, 0.25) is 17.1 Å². The lowest BCUT2D eigenvalue weighted by Crippen LogP contribution is -2.58. The molecule has 2 aliphatic heterocycles. The molecule has 0 spiro atoms. The predicted molar refractivity (Wildman–Crippen MR) is 114 cm³/mol. The van der Waals surface area contributed by atoms with Crippen molar-refractivity contribution in [1.29, 1.82) is 21.2 Å². The van der Waals surface area contributed by atoms with E-state index in [4.69, 9.17) is 19.6 Å². The van der Waals surface area contributed by atoms with E-state index in [0.717, 1.165) is 0 Å². The van der Waals surface area contributed by atoms with Crippen LogP contribution in [-0.4, -0.2) is 12.5 Å². The fraction of sp³-hybridized carbons (Fsp3) is 0.360. The van der Waals surface area contributed by atoms with Gasteiger partial charge in [-0.05, 0) is 31.0 Å². The quantitative estimate of drug-likeness (QED) is 0.746. The fourth-order valence-electron chi connectivity index (χ4n) is 5.11. The fourth-order valence-corrected chi connectivity index (χ4v) is 5.11. The Labute approximate surface area is 186 Å². The SMILES string of the molecule is CCOc1ccc(C2OC3(c4ccccc4)OC(=N)C(C#N)(C3CC)C2(C#N)C#N)cc1. The summed E-state index contributed by atoms with van der Waals surface area (Å²) in [5.41, 5.74) is -2.62. The Morgan fingerprint density at radius 2 is 1.62 bits per heavy atom. The molecule has 2 aromatic carbocycles. The Kier molecular flexibility index (Phi) is 5.13. The average Bonchev–Trinajstić information content (AvgIpc) is 3.04. The molecule has 32 heavy (non-hydrogen) atoms. The molecule has 2 aliphatic rings. The summed E-state index contributed by atoms with van der Waals surface area (Å²) in [4.78, 5) is 0. The topological polar surface area (TPSA) is 123 Å². The lowest BCUT2D eigenvalue weighted by atomic mass is 9.52. The summed E-state index contributed by atoms with van der Waals surface area (Å²) >= 11 is 0. The minimum absolute atomic E-state index is 0.367. The standard InChI is InChI=1S/C25H22N4O3/c1-3-20-24(16-28)22(29)32-25(20,18-8-6-5-7-9-18)31-21(23(24,14-26)15-27)17-10-12-19(13-11-17)30-4-2/h5-13,20-21,29H,3-4H2,1-2H3. The third-order valence-corrected chi connectivity index (χ3v) is 6.51. The van der Waals surface area contributed by atoms with Gasteiger partial charge in [0.05, 0.1) is 30.7 Å². The minimum Gasteiger partial charge on any atom is -0.494 e. The van der Waals surface area contributed by atoms with Crippen molar-refractivity contribution in [3.63, 3.8) is 0 Å². The van der Waals surface area contributed by atoms with Crippen LogP contribution in [0.4, 0.5) is 0 Å². The molecule has 2 fully saturated rings. The molecule has 2 bridgehead atoms. The Hall–Kier alpha value is -3.86. The molecule has 1 N–H and O–H groups in total. The van der Waals surface area contributed by atoms with Crippen LogP contribution >= 0.6 is 0 Å². The maximum atomic E-state index is 10.4. The Morgan fingerprint density at radius 1 is 0.969 bits per heavy atom. The van der Waals surface area contributed by atoms with Gasteiger partial charge in [0, 0.05) is 5.56 Å². The van der Waals surface area contributed by atoms with E-state index in [9.17, 15) is 15.8 Å². The zero-order chi connectivity index (χ0) is 23.0. The lowest BCUT2D eigenvalue weighted by Gasteiger charge is -2.49. The van der Waals surface area contributed by atoms with Crippen LogP contribution in [0.5, 0.6) is 5.75 Å². The number of fused-ring (bicyclic) bond motifs is 2. The van der Waals surface area contributed by atoms with Crippen molar-refractivity contribution in [2.24, 2.45) is 16.7 Å². The van der Waals surface area contributed by atoms with Crippen molar-refractivity contribution in [2.45, 2.75) is 32.2 Å². The van der Waals surface area contributed by atoms with Gasteiger partial charge in [-0.15, -0.1) is 0 Å². The third-order valence-electron chi connectivity index (χ3n) is 6.51. The van der Waals surface area contributed by atoms with Crippen molar-refractivity contribution in [3.05, 3.63) is 65.7 Å². The highest BCUT2D eigenvalue weighted by Gasteiger charge is 2.80. The molecule has 7 heteroatoms. The first-order chi connectivity index (χ1) is 15.5. The Morgan fingerprint density at radius 3 is 2.16 bits per heavy atom. The third kappa shape index (κ3) is 2.51. The van der Waals surface area contributed by atoms with Crippen LogP contribution in [0.1, 0.15) is 37.5 Å². The van der Waals surface area contributed by atoms with Crippen LogP contribution in [0.2, 0.25) is 0 Å². The number of nitrogens with one attached hydrogen (secondary N) is 1. The van der Waals surface area contributed by atoms with Crippen molar-refractivity contribution in [2.75, 3.05) is 6.61 Å². The molecule has 0 aromatic heterocycles. The highest BCUT2D eigenvalue weighted by molar-refractivity contribution is 5.89. The largest absolute Gasteiger partial charge is 0.494 e. The first kappa shape index (κ1) is 21.4. The first-order valence-electron chi connectivity index (χ1n) is 10.5. The van der Waals surface area contributed by atoms with Crippen LogP contribution in [0.3, 0.4) is 0 Å². The molecule has 0 saturated carbocycles. The minimum atomic E-state index is -1.98. The van der Waals surface area contributed by atoms with Gasteiger partial charge >= 0.3 is 0 Å². The van der Waals surface area contributed by atoms with E-state index in [-0.39, 0.29) is 0 Å². The number of hydrogen-bond acceptors (Lipinski definition) is 7. The molecule has 0 aliphatic carbocycles. The molecule has 7 nitrogen and oxygen atoms in total. The maximum absolute atomic E-state index is 10.4. The summed E-state index contributed by atoms with van der Waals surface area (Å²) in [5.74, 6) is -1.97. The number of ether oxygens (including phenoxy) is 3. The first-order valence-corrected chi connectivity index (χ1v) is 10.5. The molecule has 0 amide bonds. The average molecular weight is 426 g/mol. The second-order valence-corrected chi connectivity index (χ2v) is 7.88. The van der Waals surface area contributed by atoms with E-state index in [1.165, 1.54) is 0 Å². The lowest BCUT2D eigenvalue weighted by molar-refractivity contribution is -0.292.